The van der Waals surface area contributed by atoms with Gasteiger partial charge in [0, 0.05) is 26.2 Å². The predicted octanol–water partition coefficient (Wildman–Crippen LogP) is 1.74. The summed E-state index contributed by atoms with van der Waals surface area (Å²) in [7, 11) is 1.59. The molecule has 2 saturated heterocycles. The van der Waals surface area contributed by atoms with Crippen LogP contribution in [0.1, 0.15) is 24.1 Å². The molecule has 2 aliphatic heterocycles. The van der Waals surface area contributed by atoms with E-state index in [9.17, 15) is 15.3 Å². The van der Waals surface area contributed by atoms with Gasteiger partial charge in [0.15, 0.2) is 17.2 Å². The van der Waals surface area contributed by atoms with E-state index in [-0.39, 0.29) is 35.9 Å². The molecule has 40 heavy (non-hydrogen) atoms. The normalized spacial score (nSPS) is 20.4. The molecular weight excluding hydrogens is 538 g/mol. The molecule has 2 atom stereocenters. The first-order chi connectivity index (χ1) is 19.4. The molecule has 0 spiro atoms. The Bertz CT molecular complexity index is 1540. The van der Waals surface area contributed by atoms with Gasteiger partial charge >= 0.3 is 6.03 Å². The Labute approximate surface area is 234 Å². The highest BCUT2D eigenvalue weighted by atomic mass is 35.5. The number of carbonyl (C=O) groups excluding carboxylic acids is 1. The van der Waals surface area contributed by atoms with Crippen molar-refractivity contribution in [2.45, 2.75) is 37.1 Å². The number of nitrogens with zero attached hydrogens (tertiary/aromatic N) is 7. The molecular formula is C25H26ClN11O3. The summed E-state index contributed by atoms with van der Waals surface area (Å²) in [6, 6.07) is 7.26. The van der Waals surface area contributed by atoms with Crippen molar-refractivity contribution in [3.63, 3.8) is 0 Å². The molecule has 15 heteroatoms. The Morgan fingerprint density at radius 3 is 2.67 bits per heavy atom. The average Bonchev–Trinajstić information content (AvgIpc) is 3.50. The molecule has 0 unspecified atom stereocenters. The second kappa shape index (κ2) is 10.7. The summed E-state index contributed by atoms with van der Waals surface area (Å²) >= 11 is 6.89. The number of benzene rings is 1. The molecule has 2 amide bonds. The van der Waals surface area contributed by atoms with Crippen molar-refractivity contribution < 1.29 is 14.3 Å². The number of nitrogens with one attached hydrogen (secondary N) is 4. The third-order valence-corrected chi connectivity index (χ3v) is 7.42. The van der Waals surface area contributed by atoms with E-state index in [1.54, 1.807) is 19.2 Å². The predicted molar refractivity (Wildman–Crippen MR) is 145 cm³/mol. The van der Waals surface area contributed by atoms with Gasteiger partial charge in [-0.15, -0.1) is 5.10 Å². The van der Waals surface area contributed by atoms with E-state index < -0.39 is 0 Å². The van der Waals surface area contributed by atoms with Crippen LogP contribution in [0.5, 0.6) is 0 Å². The van der Waals surface area contributed by atoms with Gasteiger partial charge in [-0.3, -0.25) is 0 Å². The minimum absolute atomic E-state index is 0.00174. The van der Waals surface area contributed by atoms with Crippen LogP contribution < -0.4 is 26.2 Å². The number of amides is 2. The number of anilines is 4. The number of urea groups is 1. The van der Waals surface area contributed by atoms with Crippen molar-refractivity contribution in [3.8, 4) is 12.1 Å². The summed E-state index contributed by atoms with van der Waals surface area (Å²) in [5, 5.41) is 36.4. The second-order valence-corrected chi connectivity index (χ2v) is 10.3. The van der Waals surface area contributed by atoms with Crippen molar-refractivity contribution in [2.75, 3.05) is 48.9 Å². The lowest BCUT2D eigenvalue weighted by molar-refractivity contribution is -0.000447. The van der Waals surface area contributed by atoms with E-state index in [0.717, 1.165) is 12.8 Å². The van der Waals surface area contributed by atoms with Gasteiger partial charge in [0.2, 0.25) is 5.95 Å². The Morgan fingerprint density at radius 1 is 1.18 bits per heavy atom. The molecule has 4 heterocycles. The van der Waals surface area contributed by atoms with Crippen LogP contribution in [0.4, 0.5) is 27.9 Å². The van der Waals surface area contributed by atoms with Crippen LogP contribution in [0.2, 0.25) is 5.02 Å². The molecule has 206 valence electrons. The molecule has 1 saturated carbocycles. The summed E-state index contributed by atoms with van der Waals surface area (Å²) in [5.74, 6) is 0.679. The quantitative estimate of drug-likeness (QED) is 0.314. The third kappa shape index (κ3) is 5.12. The zero-order valence-corrected chi connectivity index (χ0v) is 22.3. The summed E-state index contributed by atoms with van der Waals surface area (Å²) < 4.78 is 12.2. The maximum absolute atomic E-state index is 12.5. The van der Waals surface area contributed by atoms with E-state index in [4.69, 9.17) is 21.1 Å². The number of hydrogen-bond acceptors (Lipinski definition) is 11. The van der Waals surface area contributed by atoms with Gasteiger partial charge in [-0.05, 0) is 25.0 Å². The van der Waals surface area contributed by atoms with Crippen molar-refractivity contribution in [2.24, 2.45) is 0 Å². The average molecular weight is 564 g/mol. The minimum Gasteiger partial charge on any atom is -0.377 e. The fourth-order valence-electron chi connectivity index (χ4n) is 4.71. The monoisotopic (exact) mass is 563 g/mol. The molecule has 3 fully saturated rings. The van der Waals surface area contributed by atoms with Gasteiger partial charge in [-0.2, -0.15) is 20.0 Å². The zero-order valence-electron chi connectivity index (χ0n) is 21.5. The lowest BCUT2D eigenvalue weighted by Gasteiger charge is -2.28. The number of carbonyl (C=O) groups is 1. The first-order valence-electron chi connectivity index (χ1n) is 12.8. The number of hydrogen-bond donors (Lipinski definition) is 4. The van der Waals surface area contributed by atoms with Crippen LogP contribution in [-0.2, 0) is 9.47 Å². The molecule has 0 bridgehead atoms. The van der Waals surface area contributed by atoms with E-state index in [2.05, 4.69) is 48.5 Å². The first kappa shape index (κ1) is 25.9. The summed E-state index contributed by atoms with van der Waals surface area (Å²) in [4.78, 5) is 23.3. The van der Waals surface area contributed by atoms with Gasteiger partial charge in [0.25, 0.3) is 0 Å². The third-order valence-electron chi connectivity index (χ3n) is 7.02. The summed E-state index contributed by atoms with van der Waals surface area (Å²) in [5.41, 5.74) is 2.08. The molecule has 3 aromatic rings. The molecule has 1 aromatic carbocycles. The number of methoxy groups -OCH3 is 1. The fraction of sp³-hybridized carbons (Fsp3) is 0.440. The Kier molecular flexibility index (Phi) is 6.89. The SMILES string of the molecule is CO[C@H]1CN(c2cc(C#N)cc(Nc3nc(NC4CC4)c4ncc(C#N)n4n3)c2Cl)C[C@H]1NC(=O)NC1COC1. The Hall–Kier alpha value is -4.37. The van der Waals surface area contributed by atoms with Crippen LogP contribution in [0.3, 0.4) is 0 Å². The topological polar surface area (TPSA) is 178 Å². The largest absolute Gasteiger partial charge is 0.377 e. The highest BCUT2D eigenvalue weighted by Gasteiger charge is 2.36. The van der Waals surface area contributed by atoms with Crippen molar-refractivity contribution in [1.82, 2.24) is 30.2 Å². The van der Waals surface area contributed by atoms with Crippen LogP contribution >= 0.6 is 11.6 Å². The number of ether oxygens (including phenoxy) is 2. The van der Waals surface area contributed by atoms with Gasteiger partial charge in [-0.1, -0.05) is 11.6 Å². The molecule has 2 aromatic heterocycles. The Morgan fingerprint density at radius 2 is 2.00 bits per heavy atom. The van der Waals surface area contributed by atoms with Crippen molar-refractivity contribution >= 4 is 46.4 Å². The minimum atomic E-state index is -0.309. The van der Waals surface area contributed by atoms with Gasteiger partial charge < -0.3 is 35.6 Å². The number of imidazole rings is 1. The maximum Gasteiger partial charge on any atom is 0.315 e. The molecule has 0 radical (unpaired) electrons. The summed E-state index contributed by atoms with van der Waals surface area (Å²) in [6.07, 6.45) is 3.19. The number of fused-ring (bicyclic) bond motifs is 1. The summed E-state index contributed by atoms with van der Waals surface area (Å²) in [6.45, 7) is 1.86. The number of nitriles is 2. The maximum atomic E-state index is 12.5. The number of halogens is 1. The van der Waals surface area contributed by atoms with Gasteiger partial charge in [0.1, 0.15) is 6.07 Å². The van der Waals surface area contributed by atoms with E-state index >= 15 is 0 Å². The molecule has 1 aliphatic carbocycles. The number of rotatable bonds is 8. The van der Waals surface area contributed by atoms with Crippen molar-refractivity contribution in [3.05, 3.63) is 34.6 Å². The fourth-order valence-corrected chi connectivity index (χ4v) is 4.98. The Balaban J connectivity index is 1.27. The highest BCUT2D eigenvalue weighted by molar-refractivity contribution is 6.36. The molecule has 3 aliphatic rings. The van der Waals surface area contributed by atoms with Gasteiger partial charge in [-0.25, -0.2) is 9.78 Å². The smallest absolute Gasteiger partial charge is 0.315 e. The van der Waals surface area contributed by atoms with E-state index in [0.29, 0.717) is 65.8 Å². The lowest BCUT2D eigenvalue weighted by atomic mass is 10.1. The molecule has 4 N–H and O–H groups in total. The molecule has 6 rings (SSSR count). The zero-order chi connectivity index (χ0) is 27.8. The second-order valence-electron chi connectivity index (χ2n) is 9.92. The number of aromatic nitrogens is 4. The van der Waals surface area contributed by atoms with E-state index in [1.165, 1.54) is 10.7 Å². The molecule has 14 nitrogen and oxygen atoms in total. The van der Waals surface area contributed by atoms with E-state index in [1.807, 2.05) is 4.90 Å². The first-order valence-corrected chi connectivity index (χ1v) is 13.2. The van der Waals surface area contributed by atoms with Crippen LogP contribution in [0, 0.1) is 22.7 Å². The van der Waals surface area contributed by atoms with Crippen LogP contribution in [0.15, 0.2) is 18.3 Å². The van der Waals surface area contributed by atoms with Gasteiger partial charge in [0.05, 0.1) is 65.6 Å². The highest BCUT2D eigenvalue weighted by Crippen LogP contribution is 2.38. The standard InChI is InChI=1S/C25H26ClN11O3/c1-39-20-10-36(9-18(20)33-25(38)31-15-11-40-12-15)19-5-13(6-27)4-17(21(19)26)32-24-34-22(30-14-2-3-14)23-29-8-16(7-28)37(23)35-24/h4-5,8,14-15,18,20H,2-3,9-12H2,1H3,(H2,31,33,38)(H2,30,32,34,35)/t18-,20+/m1/s1. The van der Waals surface area contributed by atoms with Crippen LogP contribution in [0.25, 0.3) is 5.65 Å². The lowest BCUT2D eigenvalue weighted by Crippen LogP contribution is -2.55. The van der Waals surface area contributed by atoms with Crippen molar-refractivity contribution in [1.29, 1.82) is 10.5 Å². The van der Waals surface area contributed by atoms with Crippen LogP contribution in [-0.4, -0.2) is 83.3 Å².